The summed E-state index contributed by atoms with van der Waals surface area (Å²) >= 11 is 1.48. The van der Waals surface area contributed by atoms with Gasteiger partial charge in [0.1, 0.15) is 5.69 Å². The number of aryl methyl sites for hydroxylation is 1. The summed E-state index contributed by atoms with van der Waals surface area (Å²) in [5.41, 5.74) is 3.22. The minimum Gasteiger partial charge on any atom is -0.272 e. The lowest BCUT2D eigenvalue weighted by Crippen LogP contribution is -2.12. The van der Waals surface area contributed by atoms with E-state index in [4.69, 9.17) is 5.14 Å². The van der Waals surface area contributed by atoms with Crippen molar-refractivity contribution in [3.63, 3.8) is 0 Å². The summed E-state index contributed by atoms with van der Waals surface area (Å²) in [6, 6.07) is 5.24. The van der Waals surface area contributed by atoms with Gasteiger partial charge in [-0.05, 0) is 36.1 Å². The highest BCUT2D eigenvalue weighted by molar-refractivity contribution is 7.89. The number of hydrogen-bond acceptors (Lipinski definition) is 7. The zero-order valence-corrected chi connectivity index (χ0v) is 13.0. The summed E-state index contributed by atoms with van der Waals surface area (Å²) in [5.74, 6) is 0. The van der Waals surface area contributed by atoms with Gasteiger partial charge in [-0.3, -0.25) is 15.5 Å². The number of sulfonamides is 1. The van der Waals surface area contributed by atoms with Gasteiger partial charge in [-0.15, -0.1) is 11.3 Å². The van der Waals surface area contributed by atoms with Gasteiger partial charge < -0.3 is 0 Å². The van der Waals surface area contributed by atoms with Gasteiger partial charge in [0.15, 0.2) is 0 Å². The summed E-state index contributed by atoms with van der Waals surface area (Å²) in [6.07, 6.45) is 1.54. The Bertz CT molecular complexity index is 843. The maximum Gasteiger partial charge on any atom is 0.295 e. The van der Waals surface area contributed by atoms with Crippen molar-refractivity contribution in [2.45, 2.75) is 11.8 Å². The lowest BCUT2D eigenvalue weighted by atomic mass is 10.3. The third-order valence-electron chi connectivity index (χ3n) is 2.76. The van der Waals surface area contributed by atoms with E-state index in [1.165, 1.54) is 29.7 Å². The molecule has 1 heterocycles. The van der Waals surface area contributed by atoms with E-state index in [2.05, 4.69) is 10.5 Å². The van der Waals surface area contributed by atoms with Crippen LogP contribution in [0.1, 0.15) is 10.4 Å². The Hall–Kier alpha value is -2.30. The second-order valence-electron chi connectivity index (χ2n) is 4.32. The van der Waals surface area contributed by atoms with Crippen molar-refractivity contribution in [3.8, 4) is 0 Å². The largest absolute Gasteiger partial charge is 0.295 e. The van der Waals surface area contributed by atoms with E-state index in [-0.39, 0.29) is 10.6 Å². The van der Waals surface area contributed by atoms with Crippen molar-refractivity contribution in [1.29, 1.82) is 0 Å². The molecule has 0 atom stereocenters. The van der Waals surface area contributed by atoms with Gasteiger partial charge >= 0.3 is 0 Å². The molecule has 0 saturated heterocycles. The van der Waals surface area contributed by atoms with E-state index in [0.717, 1.165) is 16.5 Å². The molecule has 0 aliphatic heterocycles. The van der Waals surface area contributed by atoms with Crippen LogP contribution in [0, 0.1) is 17.0 Å². The van der Waals surface area contributed by atoms with Crippen molar-refractivity contribution >= 4 is 38.9 Å². The first-order valence-corrected chi connectivity index (χ1v) is 8.36. The van der Waals surface area contributed by atoms with Crippen LogP contribution in [-0.4, -0.2) is 19.6 Å². The van der Waals surface area contributed by atoms with E-state index in [9.17, 15) is 18.5 Å². The number of anilines is 1. The van der Waals surface area contributed by atoms with E-state index in [0.29, 0.717) is 0 Å². The highest BCUT2D eigenvalue weighted by atomic mass is 32.2. The van der Waals surface area contributed by atoms with Crippen molar-refractivity contribution < 1.29 is 13.3 Å². The molecule has 0 fully saturated rings. The average molecular weight is 340 g/mol. The van der Waals surface area contributed by atoms with Crippen molar-refractivity contribution in [1.82, 2.24) is 0 Å². The van der Waals surface area contributed by atoms with E-state index in [1.54, 1.807) is 0 Å². The molecule has 1 aromatic heterocycles. The first kappa shape index (κ1) is 16.1. The summed E-state index contributed by atoms with van der Waals surface area (Å²) in [6.45, 7) is 1.92. The zero-order chi connectivity index (χ0) is 16.3. The topological polar surface area (TPSA) is 128 Å². The normalized spacial score (nSPS) is 11.7. The quantitative estimate of drug-likeness (QED) is 0.489. The van der Waals surface area contributed by atoms with Crippen molar-refractivity contribution in [3.05, 3.63) is 50.2 Å². The number of benzene rings is 1. The summed E-state index contributed by atoms with van der Waals surface area (Å²) < 4.78 is 22.5. The first-order valence-electron chi connectivity index (χ1n) is 5.93. The number of nitrogens with two attached hydrogens (primary N) is 1. The number of hydrazone groups is 1. The highest BCUT2D eigenvalue weighted by Gasteiger charge is 2.18. The molecule has 116 valence electrons. The fourth-order valence-electron chi connectivity index (χ4n) is 1.61. The lowest BCUT2D eigenvalue weighted by Gasteiger charge is -2.04. The lowest BCUT2D eigenvalue weighted by molar-refractivity contribution is -0.384. The molecule has 0 bridgehead atoms. The van der Waals surface area contributed by atoms with Crippen LogP contribution in [0.25, 0.3) is 0 Å². The van der Waals surface area contributed by atoms with Gasteiger partial charge in [0.25, 0.3) is 5.69 Å². The number of rotatable bonds is 5. The van der Waals surface area contributed by atoms with Crippen LogP contribution in [0.4, 0.5) is 11.4 Å². The molecule has 10 heteroatoms. The molecule has 0 aliphatic rings. The predicted molar refractivity (Wildman–Crippen MR) is 84.7 cm³/mol. The van der Waals surface area contributed by atoms with Crippen LogP contribution in [0.3, 0.4) is 0 Å². The fraction of sp³-hybridized carbons (Fsp3) is 0.0833. The molecule has 22 heavy (non-hydrogen) atoms. The number of nitrogens with one attached hydrogen (secondary N) is 1. The van der Waals surface area contributed by atoms with Crippen molar-refractivity contribution in [2.75, 3.05) is 5.43 Å². The van der Waals surface area contributed by atoms with Gasteiger partial charge in [-0.25, -0.2) is 13.6 Å². The van der Waals surface area contributed by atoms with Crippen molar-refractivity contribution in [2.24, 2.45) is 10.2 Å². The Kier molecular flexibility index (Phi) is 4.54. The van der Waals surface area contributed by atoms with E-state index < -0.39 is 20.6 Å². The standard InChI is InChI=1S/C12H12N4O4S2/c1-8-4-5-21-12(8)7-14-15-10-3-2-9(22(13,19)20)6-11(10)16(17)18/h2-7,15H,1H3,(H2,13,19,20)/b14-7-. The number of hydrogen-bond donors (Lipinski definition) is 2. The molecule has 0 saturated carbocycles. The molecule has 1 aromatic carbocycles. The van der Waals surface area contributed by atoms with Crippen LogP contribution >= 0.6 is 11.3 Å². The van der Waals surface area contributed by atoms with E-state index in [1.807, 2.05) is 18.4 Å². The van der Waals surface area contributed by atoms with Gasteiger partial charge in [0, 0.05) is 10.9 Å². The molecule has 2 aromatic rings. The van der Waals surface area contributed by atoms with Gasteiger partial charge in [-0.2, -0.15) is 5.10 Å². The Morgan fingerprint density at radius 1 is 1.41 bits per heavy atom. The van der Waals surface area contributed by atoms with Crippen LogP contribution < -0.4 is 10.6 Å². The first-order chi connectivity index (χ1) is 10.3. The molecule has 0 spiro atoms. The monoisotopic (exact) mass is 340 g/mol. The second kappa shape index (κ2) is 6.22. The number of nitro groups is 1. The van der Waals surface area contributed by atoms with Gasteiger partial charge in [-0.1, -0.05) is 0 Å². The summed E-state index contributed by atoms with van der Waals surface area (Å²) in [7, 11) is -4.01. The van der Waals surface area contributed by atoms with Gasteiger partial charge in [0.05, 0.1) is 16.0 Å². The molecular formula is C12H12N4O4S2. The van der Waals surface area contributed by atoms with Crippen LogP contribution in [0.2, 0.25) is 0 Å². The average Bonchev–Trinajstić information content (AvgIpc) is 2.83. The highest BCUT2D eigenvalue weighted by Crippen LogP contribution is 2.27. The van der Waals surface area contributed by atoms with Crippen LogP contribution in [0.15, 0.2) is 39.6 Å². The molecule has 8 nitrogen and oxygen atoms in total. The SMILES string of the molecule is Cc1ccsc1/C=N\Nc1ccc(S(N)(=O)=O)cc1[N+](=O)[O-]. The molecule has 0 aliphatic carbocycles. The third-order valence-corrected chi connectivity index (χ3v) is 4.63. The minimum absolute atomic E-state index is 0.0721. The summed E-state index contributed by atoms with van der Waals surface area (Å²) in [4.78, 5) is 10.9. The molecule has 0 unspecified atom stereocenters. The molecule has 0 radical (unpaired) electrons. The van der Waals surface area contributed by atoms with Gasteiger partial charge in [0.2, 0.25) is 10.0 Å². The Morgan fingerprint density at radius 2 is 2.14 bits per heavy atom. The Morgan fingerprint density at radius 3 is 2.68 bits per heavy atom. The molecule has 3 N–H and O–H groups in total. The molecule has 2 rings (SSSR count). The smallest absolute Gasteiger partial charge is 0.272 e. The number of nitrogens with zero attached hydrogens (tertiary/aromatic N) is 2. The molecule has 0 amide bonds. The predicted octanol–water partition coefficient (Wildman–Crippen LogP) is 2.06. The fourth-order valence-corrected chi connectivity index (χ4v) is 2.93. The second-order valence-corrected chi connectivity index (χ2v) is 6.83. The third kappa shape index (κ3) is 3.67. The van der Waals surface area contributed by atoms with E-state index >= 15 is 0 Å². The Balaban J connectivity index is 2.29. The zero-order valence-electron chi connectivity index (χ0n) is 11.4. The maximum atomic E-state index is 11.2. The van der Waals surface area contributed by atoms with Crippen LogP contribution in [0.5, 0.6) is 0 Å². The number of nitro benzene ring substituents is 1. The Labute approximate surface area is 130 Å². The summed E-state index contributed by atoms with van der Waals surface area (Å²) in [5, 5.41) is 21.8. The maximum absolute atomic E-state index is 11.2. The molecular weight excluding hydrogens is 328 g/mol. The number of thiophene rings is 1. The van der Waals surface area contributed by atoms with Crippen LogP contribution in [-0.2, 0) is 10.0 Å². The minimum atomic E-state index is -4.01. The number of primary sulfonamides is 1.